The van der Waals surface area contributed by atoms with Gasteiger partial charge in [-0.3, -0.25) is 9.20 Å². The van der Waals surface area contributed by atoms with Gasteiger partial charge >= 0.3 is 5.97 Å². The Labute approximate surface area is 160 Å². The van der Waals surface area contributed by atoms with E-state index < -0.39 is 12.1 Å². The highest BCUT2D eigenvalue weighted by molar-refractivity contribution is 7.17. The molecule has 1 aromatic carbocycles. The van der Waals surface area contributed by atoms with Crippen molar-refractivity contribution >= 4 is 22.3 Å². The smallest absolute Gasteiger partial charge is 0.347 e. The van der Waals surface area contributed by atoms with Crippen LogP contribution in [0.1, 0.15) is 36.0 Å². The molecule has 1 aliphatic carbocycles. The lowest BCUT2D eigenvalue weighted by Gasteiger charge is -2.13. The van der Waals surface area contributed by atoms with Crippen LogP contribution < -0.4 is 10.3 Å². The zero-order valence-electron chi connectivity index (χ0n) is 15.0. The molecule has 0 bridgehead atoms. The molecule has 140 valence electrons. The highest BCUT2D eigenvalue weighted by Gasteiger charge is 2.20. The molecule has 0 N–H and O–H groups in total. The van der Waals surface area contributed by atoms with Gasteiger partial charge in [0.1, 0.15) is 12.4 Å². The van der Waals surface area contributed by atoms with E-state index in [9.17, 15) is 9.59 Å². The fourth-order valence-electron chi connectivity index (χ4n) is 3.23. The number of para-hydroxylation sites is 1. The van der Waals surface area contributed by atoms with Crippen molar-refractivity contribution in [3.63, 3.8) is 0 Å². The lowest BCUT2D eigenvalue weighted by Crippen LogP contribution is -2.26. The first-order valence-corrected chi connectivity index (χ1v) is 9.85. The Morgan fingerprint density at radius 2 is 2.04 bits per heavy atom. The van der Waals surface area contributed by atoms with Gasteiger partial charge in [0, 0.05) is 16.6 Å². The van der Waals surface area contributed by atoms with Crippen molar-refractivity contribution in [1.29, 1.82) is 0 Å². The molecular formula is C20H20N2O4S. The predicted molar refractivity (Wildman–Crippen MR) is 102 cm³/mol. The second-order valence-corrected chi connectivity index (χ2v) is 7.63. The van der Waals surface area contributed by atoms with E-state index >= 15 is 0 Å². The molecule has 4 rings (SSSR count). The van der Waals surface area contributed by atoms with E-state index in [1.165, 1.54) is 10.9 Å². The maximum Gasteiger partial charge on any atom is 0.347 e. The zero-order chi connectivity index (χ0) is 18.8. The molecular weight excluding hydrogens is 364 g/mol. The summed E-state index contributed by atoms with van der Waals surface area (Å²) in [5.74, 6) is 0.107. The molecule has 0 aliphatic heterocycles. The Kier molecular flexibility index (Phi) is 4.94. The number of ether oxygens (including phenoxy) is 2. The van der Waals surface area contributed by atoms with Crippen LogP contribution >= 0.6 is 11.3 Å². The Morgan fingerprint density at radius 3 is 2.85 bits per heavy atom. The molecule has 3 aromatic rings. The number of nitrogens with zero attached hydrogens (tertiary/aromatic N) is 2. The largest absolute Gasteiger partial charge is 0.479 e. The molecule has 0 fully saturated rings. The van der Waals surface area contributed by atoms with E-state index in [2.05, 4.69) is 4.98 Å². The maximum atomic E-state index is 12.5. The minimum Gasteiger partial charge on any atom is -0.479 e. The zero-order valence-corrected chi connectivity index (χ0v) is 15.8. The third-order valence-corrected chi connectivity index (χ3v) is 5.71. The average molecular weight is 384 g/mol. The molecule has 7 heteroatoms. The van der Waals surface area contributed by atoms with Crippen LogP contribution in [-0.2, 0) is 29.0 Å². The fraction of sp³-hybridized carbons (Fsp3) is 0.350. The Hall–Kier alpha value is -2.67. The van der Waals surface area contributed by atoms with Crippen LogP contribution in [0.25, 0.3) is 4.96 Å². The second kappa shape index (κ2) is 7.52. The Morgan fingerprint density at radius 1 is 1.26 bits per heavy atom. The molecule has 27 heavy (non-hydrogen) atoms. The Balaban J connectivity index is 1.46. The number of aromatic nitrogens is 2. The van der Waals surface area contributed by atoms with Crippen LogP contribution in [0.4, 0.5) is 0 Å². The first kappa shape index (κ1) is 17.7. The van der Waals surface area contributed by atoms with Crippen LogP contribution in [0.15, 0.2) is 41.2 Å². The van der Waals surface area contributed by atoms with Crippen molar-refractivity contribution < 1.29 is 14.3 Å². The second-order valence-electron chi connectivity index (χ2n) is 6.56. The number of aryl methyl sites for hydroxylation is 2. The summed E-state index contributed by atoms with van der Waals surface area (Å²) in [6.07, 6.45) is 3.43. The number of benzene rings is 1. The SMILES string of the molecule is C[C@@H](Oc1ccccc1)C(=O)OCc1cc(=O)n2c3c(sc2n1)CCCC3. The summed E-state index contributed by atoms with van der Waals surface area (Å²) in [5.41, 5.74) is 1.44. The van der Waals surface area contributed by atoms with Crippen molar-refractivity contribution in [2.24, 2.45) is 0 Å². The molecule has 2 aromatic heterocycles. The first-order valence-electron chi connectivity index (χ1n) is 9.03. The van der Waals surface area contributed by atoms with Crippen LogP contribution in [0.3, 0.4) is 0 Å². The summed E-state index contributed by atoms with van der Waals surface area (Å²) in [5, 5.41) is 0. The Bertz CT molecular complexity index is 1030. The van der Waals surface area contributed by atoms with Crippen LogP contribution in [-0.4, -0.2) is 21.5 Å². The lowest BCUT2D eigenvalue weighted by atomic mass is 10.0. The number of rotatable bonds is 5. The normalized spacial score (nSPS) is 14.6. The van der Waals surface area contributed by atoms with Gasteiger partial charge in [0.05, 0.1) is 5.69 Å². The number of fused-ring (bicyclic) bond motifs is 3. The minimum absolute atomic E-state index is 0.0460. The minimum atomic E-state index is -0.744. The van der Waals surface area contributed by atoms with Gasteiger partial charge < -0.3 is 9.47 Å². The molecule has 0 spiro atoms. The topological polar surface area (TPSA) is 69.9 Å². The highest BCUT2D eigenvalue weighted by Crippen LogP contribution is 2.28. The number of esters is 1. The molecule has 0 radical (unpaired) electrons. The van der Waals surface area contributed by atoms with Crippen molar-refractivity contribution in [1.82, 2.24) is 9.38 Å². The van der Waals surface area contributed by atoms with Crippen molar-refractivity contribution in [2.75, 3.05) is 0 Å². The third-order valence-electron chi connectivity index (χ3n) is 4.57. The molecule has 1 aliphatic rings. The maximum absolute atomic E-state index is 12.5. The van der Waals surface area contributed by atoms with Gasteiger partial charge in [-0.1, -0.05) is 18.2 Å². The lowest BCUT2D eigenvalue weighted by molar-refractivity contribution is -0.152. The van der Waals surface area contributed by atoms with Gasteiger partial charge in [0.15, 0.2) is 11.1 Å². The molecule has 2 heterocycles. The van der Waals surface area contributed by atoms with E-state index in [1.54, 1.807) is 34.8 Å². The van der Waals surface area contributed by atoms with Gasteiger partial charge in [-0.15, -0.1) is 11.3 Å². The molecule has 0 unspecified atom stereocenters. The number of carbonyl (C=O) groups is 1. The average Bonchev–Trinajstić information content (AvgIpc) is 3.05. The quantitative estimate of drug-likeness (QED) is 0.632. The van der Waals surface area contributed by atoms with Crippen molar-refractivity contribution in [3.05, 3.63) is 63.0 Å². The van der Waals surface area contributed by atoms with Gasteiger partial charge in [0.25, 0.3) is 5.56 Å². The van der Waals surface area contributed by atoms with Crippen molar-refractivity contribution in [2.45, 2.75) is 45.3 Å². The van der Waals surface area contributed by atoms with Gasteiger partial charge in [-0.25, -0.2) is 9.78 Å². The predicted octanol–water partition coefficient (Wildman–Crippen LogP) is 3.15. The van der Waals surface area contributed by atoms with Crippen molar-refractivity contribution in [3.8, 4) is 5.75 Å². The van der Waals surface area contributed by atoms with E-state index in [0.29, 0.717) is 16.4 Å². The molecule has 6 nitrogen and oxygen atoms in total. The molecule has 0 saturated heterocycles. The summed E-state index contributed by atoms with van der Waals surface area (Å²) < 4.78 is 12.6. The summed E-state index contributed by atoms with van der Waals surface area (Å²) in [6.45, 7) is 1.59. The summed E-state index contributed by atoms with van der Waals surface area (Å²) in [6, 6.07) is 10.5. The van der Waals surface area contributed by atoms with Gasteiger partial charge in [-0.2, -0.15) is 0 Å². The van der Waals surface area contributed by atoms with Crippen LogP contribution in [0.2, 0.25) is 0 Å². The number of hydrogen-bond donors (Lipinski definition) is 0. The van der Waals surface area contributed by atoms with Crippen LogP contribution in [0.5, 0.6) is 5.75 Å². The first-order chi connectivity index (χ1) is 13.1. The monoisotopic (exact) mass is 384 g/mol. The number of carbonyl (C=O) groups excluding carboxylic acids is 1. The standard InChI is InChI=1S/C20H20N2O4S/c1-13(26-15-7-3-2-4-8-15)19(24)25-12-14-11-18(23)22-16-9-5-6-10-17(16)27-20(22)21-14/h2-4,7-8,11,13H,5-6,9-10,12H2,1H3/t13-/m1/s1. The summed E-state index contributed by atoms with van der Waals surface area (Å²) in [4.78, 5) is 31.1. The van der Waals surface area contributed by atoms with Gasteiger partial charge in [0.2, 0.25) is 0 Å². The number of thiazole rings is 1. The highest BCUT2D eigenvalue weighted by atomic mass is 32.1. The van der Waals surface area contributed by atoms with E-state index in [0.717, 1.165) is 31.4 Å². The third kappa shape index (κ3) is 3.73. The molecule has 1 atom stereocenters. The molecule has 0 amide bonds. The van der Waals surface area contributed by atoms with E-state index in [4.69, 9.17) is 9.47 Å². The summed E-state index contributed by atoms with van der Waals surface area (Å²) >= 11 is 1.56. The molecule has 0 saturated carbocycles. The van der Waals surface area contributed by atoms with E-state index in [1.807, 2.05) is 18.2 Å². The number of hydrogen-bond acceptors (Lipinski definition) is 6. The van der Waals surface area contributed by atoms with Crippen LogP contribution in [0, 0.1) is 0 Å². The fourth-order valence-corrected chi connectivity index (χ4v) is 4.46. The van der Waals surface area contributed by atoms with Gasteiger partial charge in [-0.05, 0) is 44.7 Å². The summed E-state index contributed by atoms with van der Waals surface area (Å²) in [7, 11) is 0. The van der Waals surface area contributed by atoms with E-state index in [-0.39, 0.29) is 12.2 Å².